The summed E-state index contributed by atoms with van der Waals surface area (Å²) in [5, 5.41) is 21.5. The third kappa shape index (κ3) is 3.45. The van der Waals surface area contributed by atoms with Crippen LogP contribution >= 0.6 is 0 Å². The summed E-state index contributed by atoms with van der Waals surface area (Å²) in [7, 11) is 1.72. The van der Waals surface area contributed by atoms with E-state index in [1.807, 2.05) is 0 Å². The van der Waals surface area contributed by atoms with Crippen LogP contribution in [0.1, 0.15) is 32.9 Å². The molecule has 3 aromatic rings. The summed E-state index contributed by atoms with van der Waals surface area (Å²) in [5.41, 5.74) is 9.32. The maximum atomic E-state index is 12.7. The van der Waals surface area contributed by atoms with Gasteiger partial charge in [0.15, 0.2) is 12.2 Å². The van der Waals surface area contributed by atoms with Gasteiger partial charge in [0.2, 0.25) is 0 Å². The van der Waals surface area contributed by atoms with Gasteiger partial charge in [0.05, 0.1) is 18.1 Å². The van der Waals surface area contributed by atoms with E-state index in [4.69, 9.17) is 21.0 Å². The van der Waals surface area contributed by atoms with Gasteiger partial charge < -0.3 is 26.2 Å². The number of nitrogens with one attached hydrogen (secondary N) is 4. The first kappa shape index (κ1) is 18.8. The molecule has 0 atom stereocenters. The van der Waals surface area contributed by atoms with Gasteiger partial charge >= 0.3 is 0 Å². The third-order valence-corrected chi connectivity index (χ3v) is 4.26. The molecule has 9 heteroatoms. The number of carbonyl (C=O) groups is 1. The quantitative estimate of drug-likeness (QED) is 0.329. The number of rotatable bonds is 6. The second-order valence-corrected chi connectivity index (χ2v) is 5.95. The minimum absolute atomic E-state index is 0.0601. The van der Waals surface area contributed by atoms with Gasteiger partial charge in [-0.2, -0.15) is 0 Å². The summed E-state index contributed by atoms with van der Waals surface area (Å²) in [5.74, 6) is -0.156. The van der Waals surface area contributed by atoms with E-state index >= 15 is 0 Å². The number of nitrogens with zero attached hydrogens (tertiary/aromatic N) is 2. The van der Waals surface area contributed by atoms with Crippen molar-refractivity contribution in [1.82, 2.24) is 9.97 Å². The van der Waals surface area contributed by atoms with Crippen molar-refractivity contribution in [3.05, 3.63) is 65.1 Å². The van der Waals surface area contributed by atoms with Gasteiger partial charge in [-0.15, -0.1) is 0 Å². The van der Waals surface area contributed by atoms with Crippen molar-refractivity contribution in [2.24, 2.45) is 0 Å². The lowest BCUT2D eigenvalue weighted by atomic mass is 10.0. The van der Waals surface area contributed by atoms with E-state index in [-0.39, 0.29) is 17.2 Å². The fraction of sp³-hybridized carbons (Fsp3) is 0.105. The fourth-order valence-corrected chi connectivity index (χ4v) is 2.75. The van der Waals surface area contributed by atoms with Gasteiger partial charge in [-0.1, -0.05) is 0 Å². The fourth-order valence-electron chi connectivity index (χ4n) is 2.75. The molecular formula is C19H19N7O2. The lowest BCUT2D eigenvalue weighted by Crippen LogP contribution is -2.17. The van der Waals surface area contributed by atoms with Crippen LogP contribution in [0, 0.1) is 17.7 Å². The van der Waals surface area contributed by atoms with Crippen molar-refractivity contribution in [3.8, 4) is 0 Å². The SMILES string of the molecule is CNc1cnc(C(=O)Nc2ccc(N)c(C(=N)c3cnco3)c2)c(C)c1C=N. The number of hydrogen-bond acceptors (Lipinski definition) is 8. The minimum atomic E-state index is -0.426. The van der Waals surface area contributed by atoms with Crippen LogP contribution in [-0.4, -0.2) is 34.8 Å². The lowest BCUT2D eigenvalue weighted by molar-refractivity contribution is 0.102. The molecule has 0 unspecified atom stereocenters. The van der Waals surface area contributed by atoms with E-state index in [0.717, 1.165) is 0 Å². The summed E-state index contributed by atoms with van der Waals surface area (Å²) >= 11 is 0. The maximum absolute atomic E-state index is 12.7. The molecule has 9 nitrogen and oxygen atoms in total. The molecule has 0 spiro atoms. The molecule has 1 aromatic carbocycles. The van der Waals surface area contributed by atoms with Crippen LogP contribution in [-0.2, 0) is 0 Å². The highest BCUT2D eigenvalue weighted by atomic mass is 16.3. The van der Waals surface area contributed by atoms with E-state index < -0.39 is 5.91 Å². The Labute approximate surface area is 161 Å². The first-order valence-corrected chi connectivity index (χ1v) is 8.32. The lowest BCUT2D eigenvalue weighted by Gasteiger charge is -2.13. The van der Waals surface area contributed by atoms with Crippen LogP contribution in [0.5, 0.6) is 0 Å². The van der Waals surface area contributed by atoms with E-state index in [0.29, 0.717) is 33.8 Å². The number of nitrogen functional groups attached to an aromatic ring is 1. The highest BCUT2D eigenvalue weighted by molar-refractivity contribution is 6.13. The zero-order chi connectivity index (χ0) is 20.3. The van der Waals surface area contributed by atoms with Crippen LogP contribution < -0.4 is 16.4 Å². The van der Waals surface area contributed by atoms with Crippen molar-refractivity contribution in [1.29, 1.82) is 10.8 Å². The van der Waals surface area contributed by atoms with E-state index in [2.05, 4.69) is 20.6 Å². The number of nitrogens with two attached hydrogens (primary N) is 1. The van der Waals surface area contributed by atoms with E-state index in [9.17, 15) is 4.79 Å². The van der Waals surface area contributed by atoms with Gasteiger partial charge in [-0.25, -0.2) is 9.97 Å². The second-order valence-electron chi connectivity index (χ2n) is 5.95. The average molecular weight is 377 g/mol. The smallest absolute Gasteiger partial charge is 0.274 e. The molecule has 0 radical (unpaired) electrons. The van der Waals surface area contributed by atoms with Crippen molar-refractivity contribution in [3.63, 3.8) is 0 Å². The third-order valence-electron chi connectivity index (χ3n) is 4.26. The standard InChI is InChI=1S/C19H19N7O2/c1-10-13(6-20)15(23-2)7-25-18(10)19(27)26-11-3-4-14(21)12(5-11)17(22)16-8-24-9-28-16/h3-9,20,22-23H,21H2,1-2H3,(H,26,27). The minimum Gasteiger partial charge on any atom is -0.442 e. The Balaban J connectivity index is 1.90. The number of hydrogen-bond donors (Lipinski definition) is 5. The van der Waals surface area contributed by atoms with Crippen molar-refractivity contribution in [2.75, 3.05) is 23.4 Å². The van der Waals surface area contributed by atoms with Crippen LogP contribution in [0.25, 0.3) is 0 Å². The van der Waals surface area contributed by atoms with Crippen molar-refractivity contribution in [2.45, 2.75) is 6.92 Å². The van der Waals surface area contributed by atoms with Crippen LogP contribution in [0.4, 0.5) is 17.1 Å². The molecular weight excluding hydrogens is 358 g/mol. The zero-order valence-corrected chi connectivity index (χ0v) is 15.3. The van der Waals surface area contributed by atoms with Crippen LogP contribution in [0.3, 0.4) is 0 Å². The average Bonchev–Trinajstić information content (AvgIpc) is 3.23. The number of aromatic nitrogens is 2. The summed E-state index contributed by atoms with van der Waals surface area (Å²) in [6.45, 7) is 1.73. The Hall–Kier alpha value is -4.01. The molecule has 0 saturated carbocycles. The van der Waals surface area contributed by atoms with Gasteiger partial charge in [-0.05, 0) is 30.7 Å². The molecule has 0 fully saturated rings. The zero-order valence-electron chi connectivity index (χ0n) is 15.3. The Morgan fingerprint density at radius 3 is 2.75 bits per heavy atom. The predicted molar refractivity (Wildman–Crippen MR) is 108 cm³/mol. The molecule has 28 heavy (non-hydrogen) atoms. The molecule has 0 aliphatic rings. The molecule has 2 heterocycles. The Morgan fingerprint density at radius 2 is 2.11 bits per heavy atom. The molecule has 1 amide bonds. The number of anilines is 3. The van der Waals surface area contributed by atoms with E-state index in [1.54, 1.807) is 32.2 Å². The molecule has 0 aliphatic carbocycles. The van der Waals surface area contributed by atoms with Crippen LogP contribution in [0.2, 0.25) is 0 Å². The molecule has 2 aromatic heterocycles. The van der Waals surface area contributed by atoms with Crippen molar-refractivity contribution >= 4 is 34.9 Å². The first-order valence-electron chi connectivity index (χ1n) is 8.32. The van der Waals surface area contributed by atoms with Gasteiger partial charge in [0.25, 0.3) is 5.91 Å². The topological polar surface area (TPSA) is 154 Å². The van der Waals surface area contributed by atoms with Gasteiger partial charge in [0, 0.05) is 35.8 Å². The normalized spacial score (nSPS) is 10.4. The predicted octanol–water partition coefficient (Wildman–Crippen LogP) is 2.67. The molecule has 3 rings (SSSR count). The summed E-state index contributed by atoms with van der Waals surface area (Å²) < 4.78 is 5.14. The highest BCUT2D eigenvalue weighted by Crippen LogP contribution is 2.23. The van der Waals surface area contributed by atoms with Crippen molar-refractivity contribution < 1.29 is 9.21 Å². The molecule has 0 bridgehead atoms. The maximum Gasteiger partial charge on any atom is 0.274 e. The number of benzene rings is 1. The van der Waals surface area contributed by atoms with E-state index in [1.165, 1.54) is 25.0 Å². The molecule has 0 aliphatic heterocycles. The Morgan fingerprint density at radius 1 is 1.32 bits per heavy atom. The number of amides is 1. The number of carbonyl (C=O) groups excluding carboxylic acids is 1. The molecule has 0 saturated heterocycles. The second kappa shape index (κ2) is 7.70. The van der Waals surface area contributed by atoms with Gasteiger partial charge in [0.1, 0.15) is 11.4 Å². The summed E-state index contributed by atoms with van der Waals surface area (Å²) in [6, 6.07) is 4.83. The summed E-state index contributed by atoms with van der Waals surface area (Å²) in [6.07, 6.45) is 5.34. The largest absolute Gasteiger partial charge is 0.442 e. The number of pyridine rings is 1. The Kier molecular flexibility index (Phi) is 5.16. The van der Waals surface area contributed by atoms with Gasteiger partial charge in [-0.3, -0.25) is 10.2 Å². The monoisotopic (exact) mass is 377 g/mol. The highest BCUT2D eigenvalue weighted by Gasteiger charge is 2.17. The van der Waals surface area contributed by atoms with Crippen LogP contribution in [0.15, 0.2) is 41.4 Å². The first-order chi connectivity index (χ1) is 13.5. The summed E-state index contributed by atoms with van der Waals surface area (Å²) in [4.78, 5) is 20.7. The molecule has 142 valence electrons. The number of oxazole rings is 1. The molecule has 6 N–H and O–H groups in total. The Bertz CT molecular complexity index is 1060.